The van der Waals surface area contributed by atoms with Crippen molar-refractivity contribution in [2.75, 3.05) is 5.32 Å². The van der Waals surface area contributed by atoms with E-state index in [0.29, 0.717) is 6.42 Å². The maximum absolute atomic E-state index is 11.4. The van der Waals surface area contributed by atoms with Crippen LogP contribution in [0.4, 0.5) is 5.69 Å². The Kier molecular flexibility index (Phi) is 3.33. The van der Waals surface area contributed by atoms with Gasteiger partial charge in [0.25, 0.3) is 0 Å². The van der Waals surface area contributed by atoms with Crippen LogP contribution in [0.1, 0.15) is 22.1 Å². The van der Waals surface area contributed by atoms with Crippen molar-refractivity contribution >= 4 is 39.1 Å². The molecule has 1 atom stereocenters. The van der Waals surface area contributed by atoms with Crippen molar-refractivity contribution in [2.45, 2.75) is 11.8 Å². The van der Waals surface area contributed by atoms with Crippen LogP contribution < -0.4 is 5.32 Å². The summed E-state index contributed by atoms with van der Waals surface area (Å²) in [7, 11) is 0. The van der Waals surface area contributed by atoms with E-state index >= 15 is 0 Å². The number of fused-ring (bicyclic) bond motifs is 1. The van der Waals surface area contributed by atoms with Crippen LogP contribution in [0.2, 0.25) is 0 Å². The lowest BCUT2D eigenvalue weighted by Gasteiger charge is -2.13. The molecule has 0 aromatic heterocycles. The highest BCUT2D eigenvalue weighted by Gasteiger charge is 2.20. The van der Waals surface area contributed by atoms with Crippen LogP contribution in [0.5, 0.6) is 0 Å². The minimum atomic E-state index is -0.225. The number of hydrogen-bond acceptors (Lipinski definition) is 1. The van der Waals surface area contributed by atoms with Gasteiger partial charge in [0.05, 0.1) is 11.8 Å². The summed E-state index contributed by atoms with van der Waals surface area (Å²) in [5.74, 6) is 0.0409. The summed E-state index contributed by atoms with van der Waals surface area (Å²) in [6.07, 6.45) is 0.433. The van der Waals surface area contributed by atoms with Crippen molar-refractivity contribution in [2.24, 2.45) is 0 Å². The molecule has 0 fully saturated rings. The van der Waals surface area contributed by atoms with E-state index in [1.54, 1.807) is 0 Å². The molecular weight excluding hydrogens is 326 g/mol. The number of hydrogen-bond donors (Lipinski definition) is 1. The van der Waals surface area contributed by atoms with Crippen molar-refractivity contribution in [3.63, 3.8) is 0 Å². The summed E-state index contributed by atoms with van der Waals surface area (Å²) in [4.78, 5) is 11.4. The van der Waals surface area contributed by atoms with Crippen LogP contribution in [-0.2, 0) is 11.2 Å². The lowest BCUT2D eigenvalue weighted by Crippen LogP contribution is -2.03. The quantitative estimate of drug-likeness (QED) is 0.815. The Bertz CT molecular complexity index is 656. The fourth-order valence-corrected chi connectivity index (χ4v) is 3.24. The zero-order valence-electron chi connectivity index (χ0n) is 9.99. The van der Waals surface area contributed by atoms with Crippen LogP contribution in [-0.4, -0.2) is 5.91 Å². The van der Waals surface area contributed by atoms with Gasteiger partial charge in [-0.2, -0.15) is 0 Å². The highest BCUT2D eigenvalue weighted by molar-refractivity contribution is 9.10. The highest BCUT2D eigenvalue weighted by Crippen LogP contribution is 2.36. The summed E-state index contributed by atoms with van der Waals surface area (Å²) >= 11 is 10.1. The first-order valence-electron chi connectivity index (χ1n) is 5.96. The van der Waals surface area contributed by atoms with E-state index in [1.807, 2.05) is 42.5 Å². The molecule has 3 rings (SSSR count). The van der Waals surface area contributed by atoms with Crippen LogP contribution in [0.25, 0.3) is 0 Å². The number of alkyl halides is 1. The summed E-state index contributed by atoms with van der Waals surface area (Å²) < 4.78 is 0.990. The number of benzene rings is 2. The summed E-state index contributed by atoms with van der Waals surface area (Å²) in [5.41, 5.74) is 3.94. The molecule has 0 spiro atoms. The lowest BCUT2D eigenvalue weighted by molar-refractivity contribution is -0.115. The molecule has 4 heteroatoms. The lowest BCUT2D eigenvalue weighted by atomic mass is 10.0. The van der Waals surface area contributed by atoms with Crippen LogP contribution in [0.15, 0.2) is 46.9 Å². The largest absolute Gasteiger partial charge is 0.326 e. The molecule has 0 aliphatic carbocycles. The zero-order valence-corrected chi connectivity index (χ0v) is 12.3. The van der Waals surface area contributed by atoms with Gasteiger partial charge in [0.1, 0.15) is 0 Å². The molecule has 1 aliphatic rings. The molecule has 0 radical (unpaired) electrons. The van der Waals surface area contributed by atoms with Gasteiger partial charge in [0.15, 0.2) is 0 Å². The number of carbonyl (C=O) groups is 1. The van der Waals surface area contributed by atoms with Gasteiger partial charge in [0.2, 0.25) is 5.91 Å². The maximum Gasteiger partial charge on any atom is 0.228 e. The Morgan fingerprint density at radius 1 is 1.21 bits per heavy atom. The van der Waals surface area contributed by atoms with E-state index in [1.165, 1.54) is 0 Å². The Morgan fingerprint density at radius 3 is 2.79 bits per heavy atom. The van der Waals surface area contributed by atoms with Crippen molar-refractivity contribution < 1.29 is 4.79 Å². The summed E-state index contributed by atoms with van der Waals surface area (Å²) in [6, 6.07) is 13.8. The molecule has 1 unspecified atom stereocenters. The first-order chi connectivity index (χ1) is 9.15. The van der Waals surface area contributed by atoms with Crippen LogP contribution in [0, 0.1) is 0 Å². The molecule has 2 aromatic rings. The Balaban J connectivity index is 1.97. The molecule has 96 valence electrons. The van der Waals surface area contributed by atoms with Gasteiger partial charge in [-0.25, -0.2) is 0 Å². The number of carbonyl (C=O) groups excluding carboxylic acids is 1. The zero-order chi connectivity index (χ0) is 13.4. The number of amides is 1. The molecule has 1 aliphatic heterocycles. The SMILES string of the molecule is O=C1Cc2cc(C(Cl)c3ccccc3Br)ccc2N1. The van der Waals surface area contributed by atoms with E-state index in [9.17, 15) is 4.79 Å². The average Bonchev–Trinajstić information content (AvgIpc) is 2.77. The standard InChI is InChI=1S/C15H11BrClNO/c16-12-4-2-1-3-11(12)15(17)9-5-6-13-10(7-9)8-14(19)18-13/h1-7,15H,8H2,(H,18,19). The number of rotatable bonds is 2. The topological polar surface area (TPSA) is 29.1 Å². The normalized spacial score (nSPS) is 14.9. The fraction of sp³-hybridized carbons (Fsp3) is 0.133. The smallest absolute Gasteiger partial charge is 0.228 e. The Labute approximate surface area is 124 Å². The average molecular weight is 337 g/mol. The summed E-state index contributed by atoms with van der Waals surface area (Å²) in [6.45, 7) is 0. The van der Waals surface area contributed by atoms with Crippen LogP contribution in [0.3, 0.4) is 0 Å². The number of nitrogens with one attached hydrogen (secondary N) is 1. The first-order valence-corrected chi connectivity index (χ1v) is 7.19. The van der Waals surface area contributed by atoms with Crippen molar-refractivity contribution in [1.29, 1.82) is 0 Å². The van der Waals surface area contributed by atoms with E-state index in [-0.39, 0.29) is 11.3 Å². The number of halogens is 2. The second kappa shape index (κ2) is 4.99. The van der Waals surface area contributed by atoms with E-state index < -0.39 is 0 Å². The van der Waals surface area contributed by atoms with Gasteiger partial charge < -0.3 is 5.32 Å². The third kappa shape index (κ3) is 2.40. The molecule has 2 aromatic carbocycles. The van der Waals surface area contributed by atoms with Gasteiger partial charge in [-0.15, -0.1) is 11.6 Å². The van der Waals surface area contributed by atoms with Gasteiger partial charge in [-0.05, 0) is 28.8 Å². The Hall–Kier alpha value is -1.32. The molecule has 2 nitrogen and oxygen atoms in total. The van der Waals surface area contributed by atoms with Crippen molar-refractivity contribution in [3.05, 3.63) is 63.6 Å². The predicted molar refractivity (Wildman–Crippen MR) is 80.6 cm³/mol. The van der Waals surface area contributed by atoms with Gasteiger partial charge in [-0.1, -0.05) is 46.3 Å². The van der Waals surface area contributed by atoms with Crippen LogP contribution >= 0.6 is 27.5 Å². The molecule has 0 bridgehead atoms. The minimum Gasteiger partial charge on any atom is -0.326 e. The molecule has 1 heterocycles. The molecule has 1 N–H and O–H groups in total. The third-order valence-electron chi connectivity index (χ3n) is 3.23. The number of anilines is 1. The first kappa shape index (κ1) is 12.7. The van der Waals surface area contributed by atoms with Gasteiger partial charge in [-0.3, -0.25) is 4.79 Å². The Morgan fingerprint density at radius 2 is 2.00 bits per heavy atom. The van der Waals surface area contributed by atoms with Crippen molar-refractivity contribution in [3.8, 4) is 0 Å². The molecule has 19 heavy (non-hydrogen) atoms. The minimum absolute atomic E-state index is 0.0409. The van der Waals surface area contributed by atoms with E-state index in [4.69, 9.17) is 11.6 Å². The van der Waals surface area contributed by atoms with Gasteiger partial charge >= 0.3 is 0 Å². The third-order valence-corrected chi connectivity index (χ3v) is 4.43. The molecular formula is C15H11BrClNO. The second-order valence-electron chi connectivity index (χ2n) is 4.53. The second-order valence-corrected chi connectivity index (χ2v) is 5.82. The summed E-state index contributed by atoms with van der Waals surface area (Å²) in [5, 5.41) is 2.60. The van der Waals surface area contributed by atoms with Gasteiger partial charge in [0, 0.05) is 10.2 Å². The molecule has 0 saturated heterocycles. The van der Waals surface area contributed by atoms with E-state index in [2.05, 4.69) is 21.2 Å². The van der Waals surface area contributed by atoms with E-state index in [0.717, 1.165) is 26.9 Å². The highest BCUT2D eigenvalue weighted by atomic mass is 79.9. The monoisotopic (exact) mass is 335 g/mol. The predicted octanol–water partition coefficient (Wildman–Crippen LogP) is 4.27. The maximum atomic E-state index is 11.4. The fourth-order valence-electron chi connectivity index (χ4n) is 2.27. The molecule has 1 amide bonds. The van der Waals surface area contributed by atoms with Crippen molar-refractivity contribution in [1.82, 2.24) is 0 Å². The molecule has 0 saturated carbocycles.